The van der Waals surface area contributed by atoms with E-state index < -0.39 is 0 Å². The van der Waals surface area contributed by atoms with Gasteiger partial charge in [0, 0.05) is 18.2 Å². The number of hydrogen-bond acceptors (Lipinski definition) is 4. The Hall–Kier alpha value is -1.26. The predicted octanol–water partition coefficient (Wildman–Crippen LogP) is 0.105. The second-order valence-electron chi connectivity index (χ2n) is 2.66. The molecule has 70 valence electrons. The van der Waals surface area contributed by atoms with Crippen LogP contribution in [0.5, 0.6) is 0 Å². The monoisotopic (exact) mass is 180 g/mol. The molecular weight excluding hydrogens is 168 g/mol. The van der Waals surface area contributed by atoms with Crippen LogP contribution in [0.1, 0.15) is 22.5 Å². The minimum atomic E-state index is -0.149. The molecular formula is C9H12N2O2. The van der Waals surface area contributed by atoms with Crippen molar-refractivity contribution in [3.8, 4) is 0 Å². The van der Waals surface area contributed by atoms with Gasteiger partial charge in [-0.3, -0.25) is 9.78 Å². The number of ketones is 1. The van der Waals surface area contributed by atoms with Gasteiger partial charge in [-0.2, -0.15) is 0 Å². The fourth-order valence-electron chi connectivity index (χ4n) is 1.01. The van der Waals surface area contributed by atoms with Crippen LogP contribution in [0, 0.1) is 0 Å². The average Bonchev–Trinajstić information content (AvgIpc) is 2.18. The fourth-order valence-corrected chi connectivity index (χ4v) is 1.01. The Morgan fingerprint density at radius 3 is 3.00 bits per heavy atom. The molecule has 4 heteroatoms. The summed E-state index contributed by atoms with van der Waals surface area (Å²) in [7, 11) is 0. The SMILES string of the molecule is NCCC(=O)c1ccnc(CO)c1. The van der Waals surface area contributed by atoms with E-state index in [0.717, 1.165) is 0 Å². The van der Waals surface area contributed by atoms with Crippen LogP contribution in [-0.4, -0.2) is 22.4 Å². The highest BCUT2D eigenvalue weighted by molar-refractivity contribution is 5.96. The van der Waals surface area contributed by atoms with E-state index in [0.29, 0.717) is 24.2 Å². The van der Waals surface area contributed by atoms with Crippen LogP contribution in [0.15, 0.2) is 18.3 Å². The van der Waals surface area contributed by atoms with Crippen molar-refractivity contribution in [3.05, 3.63) is 29.6 Å². The van der Waals surface area contributed by atoms with Crippen LogP contribution in [0.2, 0.25) is 0 Å². The Balaban J connectivity index is 2.82. The number of hydrogen-bond donors (Lipinski definition) is 2. The van der Waals surface area contributed by atoms with E-state index >= 15 is 0 Å². The van der Waals surface area contributed by atoms with Gasteiger partial charge >= 0.3 is 0 Å². The van der Waals surface area contributed by atoms with Crippen LogP contribution in [0.25, 0.3) is 0 Å². The summed E-state index contributed by atoms with van der Waals surface area (Å²) < 4.78 is 0. The van der Waals surface area contributed by atoms with E-state index in [2.05, 4.69) is 4.98 Å². The maximum atomic E-state index is 11.3. The third-order valence-corrected chi connectivity index (χ3v) is 1.67. The van der Waals surface area contributed by atoms with Gasteiger partial charge in [0.05, 0.1) is 12.3 Å². The van der Waals surface area contributed by atoms with E-state index in [-0.39, 0.29) is 12.4 Å². The lowest BCUT2D eigenvalue weighted by Gasteiger charge is -2.00. The lowest BCUT2D eigenvalue weighted by molar-refractivity contribution is 0.0985. The summed E-state index contributed by atoms with van der Waals surface area (Å²) in [4.78, 5) is 15.2. The third kappa shape index (κ3) is 2.61. The quantitative estimate of drug-likeness (QED) is 0.644. The molecule has 0 aliphatic carbocycles. The minimum absolute atomic E-state index is 0.0143. The standard InChI is InChI=1S/C9H12N2O2/c10-3-1-9(13)7-2-4-11-8(5-7)6-12/h2,4-5,12H,1,3,6,10H2. The second-order valence-corrected chi connectivity index (χ2v) is 2.66. The number of aliphatic hydroxyl groups is 1. The Morgan fingerprint density at radius 2 is 2.38 bits per heavy atom. The fraction of sp³-hybridized carbons (Fsp3) is 0.333. The number of nitrogens with two attached hydrogens (primary N) is 1. The summed E-state index contributed by atoms with van der Waals surface area (Å²) in [6.45, 7) is 0.194. The summed E-state index contributed by atoms with van der Waals surface area (Å²) in [6, 6.07) is 3.20. The van der Waals surface area contributed by atoms with E-state index in [1.54, 1.807) is 12.1 Å². The summed E-state index contributed by atoms with van der Waals surface area (Å²) >= 11 is 0. The summed E-state index contributed by atoms with van der Waals surface area (Å²) in [6.07, 6.45) is 1.84. The molecule has 0 unspecified atom stereocenters. The molecule has 13 heavy (non-hydrogen) atoms. The van der Waals surface area contributed by atoms with Gasteiger partial charge in [0.2, 0.25) is 0 Å². The molecule has 0 spiro atoms. The van der Waals surface area contributed by atoms with E-state index in [1.807, 2.05) is 0 Å². The number of aromatic nitrogens is 1. The molecule has 0 aromatic carbocycles. The smallest absolute Gasteiger partial charge is 0.164 e. The molecule has 1 aromatic heterocycles. The molecule has 0 saturated heterocycles. The van der Waals surface area contributed by atoms with Crippen molar-refractivity contribution in [1.82, 2.24) is 4.98 Å². The van der Waals surface area contributed by atoms with Crippen molar-refractivity contribution in [2.45, 2.75) is 13.0 Å². The summed E-state index contributed by atoms with van der Waals surface area (Å²) in [5.41, 5.74) is 6.31. The number of pyridine rings is 1. The molecule has 0 atom stereocenters. The van der Waals surface area contributed by atoms with Gasteiger partial charge in [0.15, 0.2) is 5.78 Å². The van der Waals surface area contributed by atoms with E-state index in [4.69, 9.17) is 10.8 Å². The average molecular weight is 180 g/mol. The van der Waals surface area contributed by atoms with Gasteiger partial charge < -0.3 is 10.8 Å². The topological polar surface area (TPSA) is 76.2 Å². The molecule has 0 saturated carbocycles. The van der Waals surface area contributed by atoms with Crippen molar-refractivity contribution >= 4 is 5.78 Å². The first-order chi connectivity index (χ1) is 6.27. The number of carbonyl (C=O) groups is 1. The first-order valence-corrected chi connectivity index (χ1v) is 4.07. The van der Waals surface area contributed by atoms with Crippen LogP contribution < -0.4 is 5.73 Å². The van der Waals surface area contributed by atoms with Gasteiger partial charge in [-0.1, -0.05) is 0 Å². The van der Waals surface area contributed by atoms with Gasteiger partial charge in [-0.25, -0.2) is 0 Å². The first kappa shape index (κ1) is 9.83. The Labute approximate surface area is 76.4 Å². The molecule has 0 amide bonds. The predicted molar refractivity (Wildman–Crippen MR) is 48.2 cm³/mol. The molecule has 0 radical (unpaired) electrons. The lowest BCUT2D eigenvalue weighted by Crippen LogP contribution is -2.08. The first-order valence-electron chi connectivity index (χ1n) is 4.07. The lowest BCUT2D eigenvalue weighted by atomic mass is 10.1. The molecule has 0 aliphatic heterocycles. The maximum Gasteiger partial charge on any atom is 0.164 e. The molecule has 0 fully saturated rings. The van der Waals surface area contributed by atoms with E-state index in [1.165, 1.54) is 6.20 Å². The molecule has 1 aromatic rings. The van der Waals surface area contributed by atoms with Crippen LogP contribution in [0.3, 0.4) is 0 Å². The minimum Gasteiger partial charge on any atom is -0.390 e. The number of Topliss-reactive ketones (excluding diaryl/α,β-unsaturated/α-hetero) is 1. The molecule has 3 N–H and O–H groups in total. The van der Waals surface area contributed by atoms with Gasteiger partial charge in [0.1, 0.15) is 0 Å². The van der Waals surface area contributed by atoms with Crippen molar-refractivity contribution < 1.29 is 9.90 Å². The zero-order valence-electron chi connectivity index (χ0n) is 7.23. The molecule has 0 bridgehead atoms. The summed E-state index contributed by atoms with van der Waals surface area (Å²) in [5, 5.41) is 8.78. The molecule has 4 nitrogen and oxygen atoms in total. The third-order valence-electron chi connectivity index (χ3n) is 1.67. The van der Waals surface area contributed by atoms with Crippen molar-refractivity contribution in [3.63, 3.8) is 0 Å². The van der Waals surface area contributed by atoms with E-state index in [9.17, 15) is 4.79 Å². The van der Waals surface area contributed by atoms with Crippen LogP contribution in [0.4, 0.5) is 0 Å². The molecule has 1 rings (SSSR count). The highest BCUT2D eigenvalue weighted by atomic mass is 16.3. The number of rotatable bonds is 4. The number of carbonyl (C=O) groups excluding carboxylic acids is 1. The zero-order valence-corrected chi connectivity index (χ0v) is 7.23. The van der Waals surface area contributed by atoms with Gasteiger partial charge in [-0.15, -0.1) is 0 Å². The second kappa shape index (κ2) is 4.69. The maximum absolute atomic E-state index is 11.3. The number of aliphatic hydroxyl groups excluding tert-OH is 1. The molecule has 0 aliphatic rings. The van der Waals surface area contributed by atoms with Crippen molar-refractivity contribution in [1.29, 1.82) is 0 Å². The number of nitrogens with zero attached hydrogens (tertiary/aromatic N) is 1. The largest absolute Gasteiger partial charge is 0.390 e. The van der Waals surface area contributed by atoms with Crippen LogP contribution >= 0.6 is 0 Å². The van der Waals surface area contributed by atoms with Gasteiger partial charge in [-0.05, 0) is 18.7 Å². The highest BCUT2D eigenvalue weighted by Gasteiger charge is 2.04. The van der Waals surface area contributed by atoms with Crippen molar-refractivity contribution in [2.24, 2.45) is 5.73 Å². The molecule has 1 heterocycles. The zero-order chi connectivity index (χ0) is 9.68. The summed E-state index contributed by atoms with van der Waals surface area (Å²) in [5.74, 6) is -0.0143. The Kier molecular flexibility index (Phi) is 3.54. The Morgan fingerprint density at radius 1 is 1.62 bits per heavy atom. The van der Waals surface area contributed by atoms with Gasteiger partial charge in [0.25, 0.3) is 0 Å². The Bertz CT molecular complexity index is 299. The van der Waals surface area contributed by atoms with Crippen molar-refractivity contribution in [2.75, 3.05) is 6.54 Å². The van der Waals surface area contributed by atoms with Crippen LogP contribution in [-0.2, 0) is 6.61 Å². The normalized spacial score (nSPS) is 10.0. The highest BCUT2D eigenvalue weighted by Crippen LogP contribution is 2.04.